The number of hydrogen-bond acceptors (Lipinski definition) is 2. The van der Waals surface area contributed by atoms with Gasteiger partial charge >= 0.3 is 5.51 Å². The van der Waals surface area contributed by atoms with Crippen molar-refractivity contribution in [3.8, 4) is 0 Å². The van der Waals surface area contributed by atoms with E-state index >= 15 is 0 Å². The van der Waals surface area contributed by atoms with Gasteiger partial charge in [-0.1, -0.05) is 11.8 Å². The quantitative estimate of drug-likeness (QED) is 0.662. The van der Waals surface area contributed by atoms with Crippen molar-refractivity contribution in [2.75, 3.05) is 19.3 Å². The van der Waals surface area contributed by atoms with Crippen LogP contribution in [0.5, 0.6) is 0 Å². The van der Waals surface area contributed by atoms with E-state index in [2.05, 4.69) is 5.32 Å². The van der Waals surface area contributed by atoms with Gasteiger partial charge in [-0.3, -0.25) is 0 Å². The second kappa shape index (κ2) is 5.71. The summed E-state index contributed by atoms with van der Waals surface area (Å²) >= 11 is 0.0562. The maximum Gasteiger partial charge on any atom is 0.441 e. The predicted octanol–water partition coefficient (Wildman–Crippen LogP) is 2.24. The fourth-order valence-corrected chi connectivity index (χ4v) is 1.17. The Bertz CT molecular complexity index is 94.3. The minimum absolute atomic E-state index is 0.0562. The molecular weight excluding hydrogens is 175 g/mol. The fraction of sp³-hybridized carbons (Fsp3) is 1.00. The van der Waals surface area contributed by atoms with E-state index in [4.69, 9.17) is 0 Å². The smallest absolute Gasteiger partial charge is 0.320 e. The van der Waals surface area contributed by atoms with Crippen LogP contribution in [-0.2, 0) is 0 Å². The lowest BCUT2D eigenvalue weighted by Crippen LogP contribution is -2.08. The zero-order chi connectivity index (χ0) is 8.74. The predicted molar refractivity (Wildman–Crippen MR) is 41.7 cm³/mol. The van der Waals surface area contributed by atoms with Crippen LogP contribution in [0.1, 0.15) is 12.8 Å². The topological polar surface area (TPSA) is 12.0 Å². The van der Waals surface area contributed by atoms with Crippen LogP contribution in [0.15, 0.2) is 0 Å². The monoisotopic (exact) mass is 187 g/mol. The summed E-state index contributed by atoms with van der Waals surface area (Å²) in [6.07, 6.45) is 1.42. The summed E-state index contributed by atoms with van der Waals surface area (Å²) < 4.78 is 34.5. The first-order valence-electron chi connectivity index (χ1n) is 3.41. The average Bonchev–Trinajstić information content (AvgIpc) is 1.85. The molecule has 0 fully saturated rings. The van der Waals surface area contributed by atoms with Gasteiger partial charge in [0.05, 0.1) is 0 Å². The fourth-order valence-electron chi connectivity index (χ4n) is 0.592. The maximum absolute atomic E-state index is 11.5. The molecule has 0 aliphatic rings. The van der Waals surface area contributed by atoms with Gasteiger partial charge in [0, 0.05) is 5.75 Å². The molecule has 1 N–H and O–H groups in total. The van der Waals surface area contributed by atoms with E-state index in [0.29, 0.717) is 6.42 Å². The second-order valence-corrected chi connectivity index (χ2v) is 3.26. The van der Waals surface area contributed by atoms with E-state index in [1.54, 1.807) is 7.05 Å². The molecule has 1 nitrogen and oxygen atoms in total. The number of thioether (sulfide) groups is 1. The molecule has 0 amide bonds. The van der Waals surface area contributed by atoms with E-state index in [0.717, 1.165) is 13.0 Å². The molecule has 0 rings (SSSR count). The highest BCUT2D eigenvalue weighted by atomic mass is 32.2. The van der Waals surface area contributed by atoms with Crippen LogP contribution in [0.4, 0.5) is 13.2 Å². The Kier molecular flexibility index (Phi) is 5.76. The SMILES string of the molecule is CNCCCCSC(F)(F)F. The van der Waals surface area contributed by atoms with Gasteiger partial charge in [-0.25, -0.2) is 0 Å². The molecule has 0 aliphatic carbocycles. The first kappa shape index (κ1) is 11.1. The lowest BCUT2D eigenvalue weighted by Gasteiger charge is -2.04. The zero-order valence-corrected chi connectivity index (χ0v) is 7.19. The molecule has 0 radical (unpaired) electrons. The minimum atomic E-state index is -4.06. The summed E-state index contributed by atoms with van der Waals surface area (Å²) in [7, 11) is 1.79. The summed E-state index contributed by atoms with van der Waals surface area (Å²) in [5, 5.41) is 2.87. The number of unbranched alkanes of at least 4 members (excludes halogenated alkanes) is 1. The van der Waals surface area contributed by atoms with Gasteiger partial charge in [-0.05, 0) is 26.4 Å². The lowest BCUT2D eigenvalue weighted by atomic mass is 10.3. The van der Waals surface area contributed by atoms with Gasteiger partial charge < -0.3 is 5.32 Å². The molecule has 0 bridgehead atoms. The largest absolute Gasteiger partial charge is 0.441 e. The molecule has 0 aromatic carbocycles. The van der Waals surface area contributed by atoms with Crippen molar-refractivity contribution in [2.45, 2.75) is 18.3 Å². The second-order valence-electron chi connectivity index (χ2n) is 2.10. The number of rotatable bonds is 5. The number of halogens is 3. The summed E-state index contributed by atoms with van der Waals surface area (Å²) in [4.78, 5) is 0. The Morgan fingerprint density at radius 1 is 1.27 bits per heavy atom. The molecule has 0 aromatic heterocycles. The molecule has 0 spiro atoms. The summed E-state index contributed by atoms with van der Waals surface area (Å²) in [6, 6.07) is 0. The van der Waals surface area contributed by atoms with E-state index < -0.39 is 5.51 Å². The molecule has 5 heteroatoms. The van der Waals surface area contributed by atoms with Crippen molar-refractivity contribution in [2.24, 2.45) is 0 Å². The third kappa shape index (κ3) is 10.1. The molecular formula is C6H12F3NS. The van der Waals surface area contributed by atoms with Crippen LogP contribution in [0, 0.1) is 0 Å². The standard InChI is InChI=1S/C6H12F3NS/c1-10-4-2-3-5-11-6(7,8)9/h10H,2-5H2,1H3. The highest BCUT2D eigenvalue weighted by Gasteiger charge is 2.27. The van der Waals surface area contributed by atoms with Crippen molar-refractivity contribution in [3.05, 3.63) is 0 Å². The van der Waals surface area contributed by atoms with E-state index in [1.165, 1.54) is 0 Å². The normalized spacial score (nSPS) is 12.0. The molecule has 11 heavy (non-hydrogen) atoms. The van der Waals surface area contributed by atoms with E-state index in [9.17, 15) is 13.2 Å². The maximum atomic E-state index is 11.5. The summed E-state index contributed by atoms with van der Waals surface area (Å²) in [5.41, 5.74) is -4.06. The molecule has 0 heterocycles. The van der Waals surface area contributed by atoms with Crippen LogP contribution >= 0.6 is 11.8 Å². The van der Waals surface area contributed by atoms with E-state index in [-0.39, 0.29) is 17.5 Å². The van der Waals surface area contributed by atoms with Crippen LogP contribution in [0.2, 0.25) is 0 Å². The van der Waals surface area contributed by atoms with Crippen LogP contribution in [0.25, 0.3) is 0 Å². The van der Waals surface area contributed by atoms with Gasteiger partial charge in [0.1, 0.15) is 0 Å². The zero-order valence-electron chi connectivity index (χ0n) is 6.37. The van der Waals surface area contributed by atoms with Crippen molar-refractivity contribution in [3.63, 3.8) is 0 Å². The molecule has 0 aromatic rings. The number of alkyl halides is 3. The van der Waals surface area contributed by atoms with Crippen LogP contribution in [-0.4, -0.2) is 24.9 Å². The average molecular weight is 187 g/mol. The Labute approximate surface area is 68.7 Å². The van der Waals surface area contributed by atoms with E-state index in [1.807, 2.05) is 0 Å². The van der Waals surface area contributed by atoms with Crippen molar-refractivity contribution in [1.82, 2.24) is 5.32 Å². The van der Waals surface area contributed by atoms with Crippen LogP contribution in [0.3, 0.4) is 0 Å². The first-order valence-corrected chi connectivity index (χ1v) is 4.40. The third-order valence-corrected chi connectivity index (χ3v) is 1.91. The van der Waals surface area contributed by atoms with Gasteiger partial charge in [-0.2, -0.15) is 13.2 Å². The van der Waals surface area contributed by atoms with Crippen molar-refractivity contribution >= 4 is 11.8 Å². The Balaban J connectivity index is 3.02. The summed E-state index contributed by atoms with van der Waals surface area (Å²) in [5.74, 6) is 0.172. The Hall–Kier alpha value is 0.100. The molecule has 0 atom stereocenters. The lowest BCUT2D eigenvalue weighted by molar-refractivity contribution is -0.0328. The summed E-state index contributed by atoms with van der Waals surface area (Å²) in [6.45, 7) is 0.790. The Morgan fingerprint density at radius 2 is 1.91 bits per heavy atom. The number of hydrogen-bond donors (Lipinski definition) is 1. The van der Waals surface area contributed by atoms with Crippen molar-refractivity contribution < 1.29 is 13.2 Å². The van der Waals surface area contributed by atoms with Gasteiger partial charge in [0.25, 0.3) is 0 Å². The first-order chi connectivity index (χ1) is 5.06. The third-order valence-electron chi connectivity index (χ3n) is 1.09. The Morgan fingerprint density at radius 3 is 2.36 bits per heavy atom. The molecule has 68 valence electrons. The minimum Gasteiger partial charge on any atom is -0.320 e. The highest BCUT2D eigenvalue weighted by molar-refractivity contribution is 8.00. The van der Waals surface area contributed by atoms with Gasteiger partial charge in [-0.15, -0.1) is 0 Å². The molecule has 0 saturated heterocycles. The highest BCUT2D eigenvalue weighted by Crippen LogP contribution is 2.30. The molecule has 0 saturated carbocycles. The van der Waals surface area contributed by atoms with Gasteiger partial charge in [0.2, 0.25) is 0 Å². The van der Waals surface area contributed by atoms with Gasteiger partial charge in [0.15, 0.2) is 0 Å². The van der Waals surface area contributed by atoms with Crippen LogP contribution < -0.4 is 5.32 Å². The number of nitrogens with one attached hydrogen (secondary N) is 1. The molecule has 0 aliphatic heterocycles. The van der Waals surface area contributed by atoms with Crippen molar-refractivity contribution in [1.29, 1.82) is 0 Å². The molecule has 0 unspecified atom stereocenters.